The van der Waals surface area contributed by atoms with Crippen LogP contribution in [0.3, 0.4) is 0 Å². The second-order valence-corrected chi connectivity index (χ2v) is 3.48. The third-order valence-electron chi connectivity index (χ3n) is 2.57. The van der Waals surface area contributed by atoms with Gasteiger partial charge in [-0.25, -0.2) is 10.8 Å². The molecule has 2 aromatic heterocycles. The van der Waals surface area contributed by atoms with Crippen molar-refractivity contribution < 1.29 is 0 Å². The lowest BCUT2D eigenvalue weighted by Crippen LogP contribution is -2.09. The Kier molecular flexibility index (Phi) is 1.72. The van der Waals surface area contributed by atoms with Crippen molar-refractivity contribution in [2.24, 2.45) is 5.84 Å². The lowest BCUT2D eigenvalue weighted by Gasteiger charge is -2.04. The molecule has 0 atom stereocenters. The van der Waals surface area contributed by atoms with Gasteiger partial charge in [0.2, 0.25) is 0 Å². The van der Waals surface area contributed by atoms with Crippen molar-refractivity contribution in [2.75, 3.05) is 11.2 Å². The monoisotopic (exact) mass is 214 g/mol. The van der Waals surface area contributed by atoms with E-state index in [0.717, 1.165) is 21.8 Å². The number of anilines is 2. The number of para-hydroxylation sites is 1. The molecular formula is C10H10N6. The van der Waals surface area contributed by atoms with Crippen LogP contribution in [0, 0.1) is 0 Å². The first kappa shape index (κ1) is 8.93. The smallest absolute Gasteiger partial charge is 0.156 e. The van der Waals surface area contributed by atoms with E-state index in [2.05, 4.69) is 20.6 Å². The number of nitrogen functional groups attached to an aromatic ring is 2. The standard InChI is InChI=1S/C10H10N6/c11-9-7-8(15-16-9)5-3-1-2-4-6(5)13-10(7)14-12/h1-4H,12H2,(H,13,14)(H3,11,15,16). The number of fused-ring (bicyclic) bond motifs is 3. The van der Waals surface area contributed by atoms with Gasteiger partial charge < -0.3 is 11.2 Å². The number of rotatable bonds is 1. The Hall–Kier alpha value is -2.34. The van der Waals surface area contributed by atoms with Crippen LogP contribution in [0.4, 0.5) is 11.6 Å². The van der Waals surface area contributed by atoms with Crippen molar-refractivity contribution in [3.63, 3.8) is 0 Å². The van der Waals surface area contributed by atoms with E-state index >= 15 is 0 Å². The summed E-state index contributed by atoms with van der Waals surface area (Å²) in [5.41, 5.74) is 9.99. The third kappa shape index (κ3) is 1.04. The molecule has 0 spiro atoms. The van der Waals surface area contributed by atoms with Crippen molar-refractivity contribution in [3.05, 3.63) is 24.3 Å². The van der Waals surface area contributed by atoms with E-state index in [-0.39, 0.29) is 0 Å². The zero-order valence-corrected chi connectivity index (χ0v) is 8.36. The van der Waals surface area contributed by atoms with Gasteiger partial charge in [0.05, 0.1) is 16.4 Å². The number of nitrogens with one attached hydrogen (secondary N) is 2. The Labute approximate surface area is 90.6 Å². The number of pyridine rings is 1. The number of hydrazine groups is 1. The maximum atomic E-state index is 5.77. The number of aromatic nitrogens is 3. The summed E-state index contributed by atoms with van der Waals surface area (Å²) in [6.45, 7) is 0. The number of nitrogens with zero attached hydrogens (tertiary/aromatic N) is 2. The summed E-state index contributed by atoms with van der Waals surface area (Å²) in [5.74, 6) is 6.34. The normalized spacial score (nSPS) is 11.1. The van der Waals surface area contributed by atoms with Crippen LogP contribution in [0.25, 0.3) is 21.8 Å². The van der Waals surface area contributed by atoms with Gasteiger partial charge in [-0.05, 0) is 6.07 Å². The quantitative estimate of drug-likeness (QED) is 0.357. The van der Waals surface area contributed by atoms with Crippen molar-refractivity contribution in [2.45, 2.75) is 0 Å². The van der Waals surface area contributed by atoms with Crippen LogP contribution in [0.5, 0.6) is 0 Å². The number of hydrogen-bond donors (Lipinski definition) is 4. The summed E-state index contributed by atoms with van der Waals surface area (Å²) < 4.78 is 0. The third-order valence-corrected chi connectivity index (χ3v) is 2.57. The number of benzene rings is 1. The van der Waals surface area contributed by atoms with Crippen molar-refractivity contribution in [1.82, 2.24) is 15.2 Å². The van der Waals surface area contributed by atoms with Crippen LogP contribution in [0.1, 0.15) is 0 Å². The number of aromatic amines is 1. The fraction of sp³-hybridized carbons (Fsp3) is 0. The summed E-state index contributed by atoms with van der Waals surface area (Å²) >= 11 is 0. The first-order valence-corrected chi connectivity index (χ1v) is 4.80. The highest BCUT2D eigenvalue weighted by Gasteiger charge is 2.12. The molecule has 0 radical (unpaired) electrons. The van der Waals surface area contributed by atoms with E-state index in [4.69, 9.17) is 11.6 Å². The molecule has 0 amide bonds. The van der Waals surface area contributed by atoms with Gasteiger partial charge >= 0.3 is 0 Å². The van der Waals surface area contributed by atoms with Gasteiger partial charge in [0.25, 0.3) is 0 Å². The first-order chi connectivity index (χ1) is 7.81. The molecule has 6 heteroatoms. The van der Waals surface area contributed by atoms with Gasteiger partial charge in [0, 0.05) is 5.39 Å². The van der Waals surface area contributed by atoms with Gasteiger partial charge in [-0.15, -0.1) is 0 Å². The van der Waals surface area contributed by atoms with E-state index in [1.54, 1.807) is 0 Å². The highest BCUT2D eigenvalue weighted by atomic mass is 15.3. The lowest BCUT2D eigenvalue weighted by molar-refractivity contribution is 1.13. The highest BCUT2D eigenvalue weighted by molar-refractivity contribution is 6.11. The van der Waals surface area contributed by atoms with Gasteiger partial charge in [-0.1, -0.05) is 18.2 Å². The maximum Gasteiger partial charge on any atom is 0.156 e. The Morgan fingerprint density at radius 1 is 1.25 bits per heavy atom. The fourth-order valence-electron chi connectivity index (χ4n) is 1.85. The lowest BCUT2D eigenvalue weighted by atomic mass is 10.1. The molecule has 0 unspecified atom stereocenters. The molecule has 0 saturated heterocycles. The van der Waals surface area contributed by atoms with Crippen molar-refractivity contribution >= 4 is 33.4 Å². The molecule has 16 heavy (non-hydrogen) atoms. The molecule has 2 heterocycles. The number of hydrogen-bond acceptors (Lipinski definition) is 5. The molecule has 0 bridgehead atoms. The maximum absolute atomic E-state index is 5.77. The zero-order chi connectivity index (χ0) is 11.1. The summed E-state index contributed by atoms with van der Waals surface area (Å²) in [4.78, 5) is 4.38. The molecule has 0 aliphatic heterocycles. The van der Waals surface area contributed by atoms with Crippen LogP contribution in [0.15, 0.2) is 24.3 Å². The molecule has 0 saturated carbocycles. The van der Waals surface area contributed by atoms with Crippen molar-refractivity contribution in [1.29, 1.82) is 0 Å². The van der Waals surface area contributed by atoms with E-state index in [1.807, 2.05) is 24.3 Å². The highest BCUT2D eigenvalue weighted by Crippen LogP contribution is 2.30. The summed E-state index contributed by atoms with van der Waals surface area (Å²) in [7, 11) is 0. The minimum atomic E-state index is 0.390. The molecular weight excluding hydrogens is 204 g/mol. The fourth-order valence-corrected chi connectivity index (χ4v) is 1.85. The van der Waals surface area contributed by atoms with Gasteiger partial charge in [-0.2, -0.15) is 5.10 Å². The predicted octanol–water partition coefficient (Wildman–Crippen LogP) is 0.979. The van der Waals surface area contributed by atoms with E-state index in [1.165, 1.54) is 0 Å². The van der Waals surface area contributed by atoms with E-state index in [0.29, 0.717) is 11.6 Å². The minimum Gasteiger partial charge on any atom is -0.382 e. The van der Waals surface area contributed by atoms with E-state index < -0.39 is 0 Å². The van der Waals surface area contributed by atoms with Crippen LogP contribution in [-0.4, -0.2) is 15.2 Å². The zero-order valence-electron chi connectivity index (χ0n) is 8.36. The molecule has 6 nitrogen and oxygen atoms in total. The Morgan fingerprint density at radius 3 is 2.88 bits per heavy atom. The largest absolute Gasteiger partial charge is 0.382 e. The summed E-state index contributed by atoms with van der Waals surface area (Å²) in [6, 6.07) is 7.73. The van der Waals surface area contributed by atoms with Crippen LogP contribution in [-0.2, 0) is 0 Å². The Morgan fingerprint density at radius 2 is 2.06 bits per heavy atom. The van der Waals surface area contributed by atoms with Crippen LogP contribution < -0.4 is 17.0 Å². The van der Waals surface area contributed by atoms with Crippen LogP contribution in [0.2, 0.25) is 0 Å². The van der Waals surface area contributed by atoms with E-state index in [9.17, 15) is 0 Å². The predicted molar refractivity (Wildman–Crippen MR) is 63.6 cm³/mol. The Balaban J connectivity index is 2.58. The second-order valence-electron chi connectivity index (χ2n) is 3.48. The summed E-state index contributed by atoms with van der Waals surface area (Å²) in [6.07, 6.45) is 0. The van der Waals surface area contributed by atoms with Gasteiger partial charge in [0.1, 0.15) is 0 Å². The first-order valence-electron chi connectivity index (χ1n) is 4.80. The Bertz CT molecular complexity index is 671. The molecule has 80 valence electrons. The number of H-pyrrole nitrogens is 1. The topological polar surface area (TPSA) is 106 Å². The number of nitrogens with two attached hydrogens (primary N) is 2. The average molecular weight is 214 g/mol. The molecule has 3 aromatic rings. The molecule has 3 rings (SSSR count). The van der Waals surface area contributed by atoms with Crippen molar-refractivity contribution in [3.8, 4) is 0 Å². The molecule has 0 aliphatic carbocycles. The molecule has 0 fully saturated rings. The molecule has 6 N–H and O–H groups in total. The molecule has 0 aliphatic rings. The SMILES string of the molecule is NNc1nc2ccccc2c2[nH]nc(N)c12. The van der Waals surface area contributed by atoms with Gasteiger partial charge in [0.15, 0.2) is 11.6 Å². The second kappa shape index (κ2) is 3.07. The molecule has 1 aromatic carbocycles. The minimum absolute atomic E-state index is 0.390. The average Bonchev–Trinajstić information content (AvgIpc) is 2.71. The van der Waals surface area contributed by atoms with Gasteiger partial charge in [-0.3, -0.25) is 5.10 Å². The van der Waals surface area contributed by atoms with Crippen LogP contribution >= 0.6 is 0 Å². The summed E-state index contributed by atoms with van der Waals surface area (Å²) in [5, 5.41) is 8.56.